The molecule has 0 unspecified atom stereocenters. The molecule has 1 amide bonds. The second-order valence-corrected chi connectivity index (χ2v) is 7.18. The summed E-state index contributed by atoms with van der Waals surface area (Å²) in [6.45, 7) is 3.21. The van der Waals surface area contributed by atoms with Crippen LogP contribution in [0.4, 0.5) is 0 Å². The van der Waals surface area contributed by atoms with Crippen LogP contribution < -0.4 is 10.6 Å². The lowest BCUT2D eigenvalue weighted by molar-refractivity contribution is -0.128. The molecule has 9 heteroatoms. The summed E-state index contributed by atoms with van der Waals surface area (Å²) < 4.78 is 5.57. The van der Waals surface area contributed by atoms with E-state index < -0.39 is 0 Å². The van der Waals surface area contributed by atoms with Crippen LogP contribution in [-0.4, -0.2) is 53.9 Å². The van der Waals surface area contributed by atoms with Crippen LogP contribution in [0.3, 0.4) is 0 Å². The molecule has 8 nitrogen and oxygen atoms in total. The second-order valence-electron chi connectivity index (χ2n) is 7.18. The van der Waals surface area contributed by atoms with Crippen molar-refractivity contribution in [2.45, 2.75) is 19.9 Å². The number of carbonyl (C=O) groups excluding carboxylic acids is 1. The maximum Gasteiger partial charge on any atom is 0.241 e. The largest absolute Gasteiger partial charge is 0.444 e. The number of nitrogens with one attached hydrogen (secondary N) is 2. The highest BCUT2D eigenvalue weighted by Crippen LogP contribution is 2.18. The average molecular weight is 548 g/mol. The Bertz CT molecular complexity index is 1000. The Balaban J connectivity index is 0.00000363. The topological polar surface area (TPSA) is 95.7 Å². The van der Waals surface area contributed by atoms with Crippen molar-refractivity contribution in [2.75, 3.05) is 27.2 Å². The zero-order valence-corrected chi connectivity index (χ0v) is 20.9. The fraction of sp³-hybridized carbons (Fsp3) is 0.304. The molecule has 0 saturated heterocycles. The van der Waals surface area contributed by atoms with Crippen LogP contribution in [-0.2, 0) is 17.8 Å². The van der Waals surface area contributed by atoms with Gasteiger partial charge in [0.15, 0.2) is 5.96 Å². The van der Waals surface area contributed by atoms with E-state index in [1.165, 1.54) is 5.56 Å². The molecular formula is C23H29IN6O2. The number of pyridine rings is 1. The Labute approximate surface area is 205 Å². The number of nitrogens with zero attached hydrogens (tertiary/aromatic N) is 4. The van der Waals surface area contributed by atoms with E-state index in [0.717, 1.165) is 17.0 Å². The van der Waals surface area contributed by atoms with Crippen molar-refractivity contribution in [1.82, 2.24) is 25.5 Å². The normalized spacial score (nSPS) is 10.9. The van der Waals surface area contributed by atoms with Crippen molar-refractivity contribution in [3.05, 3.63) is 71.9 Å². The van der Waals surface area contributed by atoms with Gasteiger partial charge in [0.25, 0.3) is 0 Å². The van der Waals surface area contributed by atoms with Crippen LogP contribution in [0.1, 0.15) is 17.0 Å². The molecule has 32 heavy (non-hydrogen) atoms. The van der Waals surface area contributed by atoms with Crippen LogP contribution in [0, 0.1) is 6.92 Å². The quantitative estimate of drug-likeness (QED) is 0.255. The van der Waals surface area contributed by atoms with Crippen LogP contribution in [0.15, 0.2) is 64.3 Å². The van der Waals surface area contributed by atoms with Crippen molar-refractivity contribution >= 4 is 35.8 Å². The molecule has 2 N–H and O–H groups in total. The highest BCUT2D eigenvalue weighted by molar-refractivity contribution is 14.0. The summed E-state index contributed by atoms with van der Waals surface area (Å²) >= 11 is 0. The molecule has 2 aromatic heterocycles. The van der Waals surface area contributed by atoms with E-state index in [0.29, 0.717) is 31.4 Å². The number of rotatable bonds is 8. The number of oxazole rings is 1. The molecule has 0 radical (unpaired) electrons. The summed E-state index contributed by atoms with van der Waals surface area (Å²) in [4.78, 5) is 27.0. The molecular weight excluding hydrogens is 519 g/mol. The first-order valence-corrected chi connectivity index (χ1v) is 10.1. The van der Waals surface area contributed by atoms with Crippen molar-refractivity contribution in [2.24, 2.45) is 4.99 Å². The van der Waals surface area contributed by atoms with Crippen LogP contribution in [0.2, 0.25) is 0 Å². The SMILES string of the molecule is CN=C(NCC(=O)N(C)CCc1ccccn1)NCc1coc(-c2ccc(C)cc2)n1.I. The number of carbonyl (C=O) groups is 1. The molecule has 0 fully saturated rings. The maximum atomic E-state index is 12.4. The zero-order chi connectivity index (χ0) is 22.1. The van der Waals surface area contributed by atoms with Crippen LogP contribution >= 0.6 is 24.0 Å². The highest BCUT2D eigenvalue weighted by Gasteiger charge is 2.11. The van der Waals surface area contributed by atoms with Crippen LogP contribution in [0.5, 0.6) is 0 Å². The first-order valence-electron chi connectivity index (χ1n) is 10.1. The summed E-state index contributed by atoms with van der Waals surface area (Å²) in [5, 5.41) is 6.18. The van der Waals surface area contributed by atoms with E-state index in [2.05, 4.69) is 25.6 Å². The van der Waals surface area contributed by atoms with Gasteiger partial charge in [-0.15, -0.1) is 24.0 Å². The molecule has 1 aromatic carbocycles. The molecule has 0 spiro atoms. The number of hydrogen-bond donors (Lipinski definition) is 2. The molecule has 0 aliphatic carbocycles. The summed E-state index contributed by atoms with van der Waals surface area (Å²) in [5.41, 5.74) is 3.82. The smallest absolute Gasteiger partial charge is 0.241 e. The Morgan fingerprint density at radius 2 is 1.91 bits per heavy atom. The van der Waals surface area contributed by atoms with E-state index in [9.17, 15) is 4.79 Å². The van der Waals surface area contributed by atoms with Gasteiger partial charge >= 0.3 is 0 Å². The van der Waals surface area contributed by atoms with Crippen molar-refractivity contribution in [1.29, 1.82) is 0 Å². The van der Waals surface area contributed by atoms with Gasteiger partial charge in [0.1, 0.15) is 6.26 Å². The molecule has 0 atom stereocenters. The minimum Gasteiger partial charge on any atom is -0.444 e. The van der Waals surface area contributed by atoms with E-state index in [1.54, 1.807) is 31.5 Å². The third-order valence-electron chi connectivity index (χ3n) is 4.77. The molecule has 2 heterocycles. The van der Waals surface area contributed by atoms with Gasteiger partial charge < -0.3 is 20.0 Å². The van der Waals surface area contributed by atoms with Gasteiger partial charge in [-0.2, -0.15) is 0 Å². The average Bonchev–Trinajstić information content (AvgIpc) is 3.27. The number of guanidine groups is 1. The lowest BCUT2D eigenvalue weighted by Crippen LogP contribution is -2.43. The molecule has 3 aromatic rings. The van der Waals surface area contributed by atoms with Gasteiger partial charge in [0.2, 0.25) is 11.8 Å². The number of hydrogen-bond acceptors (Lipinski definition) is 5. The monoisotopic (exact) mass is 548 g/mol. The van der Waals surface area contributed by atoms with Crippen LogP contribution in [0.25, 0.3) is 11.5 Å². The highest BCUT2D eigenvalue weighted by atomic mass is 127. The van der Waals surface area contributed by atoms with E-state index in [-0.39, 0.29) is 36.4 Å². The molecule has 0 aliphatic heterocycles. The summed E-state index contributed by atoms with van der Waals surface area (Å²) in [7, 11) is 3.44. The molecule has 0 saturated carbocycles. The fourth-order valence-electron chi connectivity index (χ4n) is 2.86. The standard InChI is InChI=1S/C23H28N6O2.HI/c1-17-7-9-18(10-8-17)22-28-20(16-31-22)14-26-23(24-2)27-15-21(30)29(3)13-11-19-6-4-5-12-25-19;/h4-10,12,16H,11,13-15H2,1-3H3,(H2,24,26,27);1H. The van der Waals surface area contributed by atoms with E-state index in [1.807, 2.05) is 49.4 Å². The van der Waals surface area contributed by atoms with Crippen molar-refractivity contribution in [3.63, 3.8) is 0 Å². The third-order valence-corrected chi connectivity index (χ3v) is 4.77. The first-order chi connectivity index (χ1) is 15.0. The lowest BCUT2D eigenvalue weighted by atomic mass is 10.1. The summed E-state index contributed by atoms with van der Waals surface area (Å²) in [6.07, 6.45) is 4.09. The number of halogens is 1. The summed E-state index contributed by atoms with van der Waals surface area (Å²) in [5.74, 6) is 1.07. The zero-order valence-electron chi connectivity index (χ0n) is 18.5. The van der Waals surface area contributed by atoms with Gasteiger partial charge in [-0.25, -0.2) is 4.98 Å². The van der Waals surface area contributed by atoms with Gasteiger partial charge in [0.05, 0.1) is 18.8 Å². The maximum absolute atomic E-state index is 12.4. The first kappa shape index (κ1) is 25.3. The number of aliphatic imine (C=N–C) groups is 1. The Morgan fingerprint density at radius 3 is 2.59 bits per heavy atom. The van der Waals surface area contributed by atoms with E-state index in [4.69, 9.17) is 4.42 Å². The minimum atomic E-state index is -0.0259. The minimum absolute atomic E-state index is 0. The van der Waals surface area contributed by atoms with E-state index >= 15 is 0 Å². The number of amides is 1. The Hall–Kier alpha value is -2.95. The van der Waals surface area contributed by atoms with Gasteiger partial charge in [-0.05, 0) is 31.2 Å². The molecule has 0 bridgehead atoms. The number of aromatic nitrogens is 2. The van der Waals surface area contributed by atoms with Crippen molar-refractivity contribution in [3.8, 4) is 11.5 Å². The Kier molecular flexibility index (Phi) is 10.1. The lowest BCUT2D eigenvalue weighted by Gasteiger charge is -2.18. The summed E-state index contributed by atoms with van der Waals surface area (Å²) in [6, 6.07) is 13.8. The second kappa shape index (κ2) is 12.8. The predicted molar refractivity (Wildman–Crippen MR) is 136 cm³/mol. The predicted octanol–water partition coefficient (Wildman–Crippen LogP) is 3.03. The Morgan fingerprint density at radius 1 is 1.12 bits per heavy atom. The number of likely N-dealkylation sites (N-methyl/N-ethyl adjacent to an activating group) is 1. The third kappa shape index (κ3) is 7.63. The molecule has 3 rings (SSSR count). The van der Waals surface area contributed by atoms with Gasteiger partial charge in [0, 0.05) is 44.5 Å². The number of aryl methyl sites for hydroxylation is 1. The number of benzene rings is 1. The van der Waals surface area contributed by atoms with Gasteiger partial charge in [-0.1, -0.05) is 23.8 Å². The fourth-order valence-corrected chi connectivity index (χ4v) is 2.86. The molecule has 170 valence electrons. The molecule has 0 aliphatic rings. The van der Waals surface area contributed by atoms with Gasteiger partial charge in [-0.3, -0.25) is 14.8 Å². The van der Waals surface area contributed by atoms with Crippen molar-refractivity contribution < 1.29 is 9.21 Å².